The number of ether oxygens (including phenoxy) is 1. The molecule has 0 fully saturated rings. The lowest BCUT2D eigenvalue weighted by Crippen LogP contribution is -2.04. The highest BCUT2D eigenvalue weighted by Gasteiger charge is 2.13. The number of halogens is 4. The lowest BCUT2D eigenvalue weighted by atomic mass is 10.2. The van der Waals surface area contributed by atoms with Crippen molar-refractivity contribution in [3.05, 3.63) is 26.6 Å². The maximum atomic E-state index is 11.9. The van der Waals surface area contributed by atoms with Gasteiger partial charge in [-0.25, -0.2) is 0 Å². The summed E-state index contributed by atoms with van der Waals surface area (Å²) in [5, 5.41) is 0. The molecule has 0 heterocycles. The molecule has 0 amide bonds. The SMILES string of the molecule is O=Cc1c(OC(F)F)ccc(Br)c1Br. The van der Waals surface area contributed by atoms with Crippen LogP contribution in [0.1, 0.15) is 10.4 Å². The van der Waals surface area contributed by atoms with Gasteiger partial charge in [-0.3, -0.25) is 4.79 Å². The maximum absolute atomic E-state index is 11.9. The van der Waals surface area contributed by atoms with Crippen LogP contribution in [-0.2, 0) is 0 Å². The second-order valence-corrected chi connectivity index (χ2v) is 3.92. The van der Waals surface area contributed by atoms with E-state index in [2.05, 4.69) is 36.6 Å². The van der Waals surface area contributed by atoms with E-state index in [-0.39, 0.29) is 11.3 Å². The summed E-state index contributed by atoms with van der Waals surface area (Å²) >= 11 is 6.22. The summed E-state index contributed by atoms with van der Waals surface area (Å²) < 4.78 is 29.0. The molecular weight excluding hydrogens is 326 g/mol. The molecule has 0 saturated carbocycles. The van der Waals surface area contributed by atoms with E-state index in [0.29, 0.717) is 15.2 Å². The molecule has 0 radical (unpaired) electrons. The van der Waals surface area contributed by atoms with Crippen molar-refractivity contribution >= 4 is 38.1 Å². The van der Waals surface area contributed by atoms with E-state index < -0.39 is 6.61 Å². The lowest BCUT2D eigenvalue weighted by Gasteiger charge is -2.08. The van der Waals surface area contributed by atoms with Gasteiger partial charge in [-0.15, -0.1) is 0 Å². The third kappa shape index (κ3) is 2.51. The minimum atomic E-state index is -2.94. The standard InChI is InChI=1S/C8H4Br2F2O2/c9-5-1-2-6(14-8(11)12)4(3-13)7(5)10/h1-3,8H. The first kappa shape index (κ1) is 11.6. The molecule has 0 spiro atoms. The second-order valence-electron chi connectivity index (χ2n) is 2.27. The van der Waals surface area contributed by atoms with Crippen molar-refractivity contribution in [3.8, 4) is 5.75 Å². The van der Waals surface area contributed by atoms with Crippen molar-refractivity contribution in [2.45, 2.75) is 6.61 Å². The molecule has 0 aliphatic rings. The highest BCUT2D eigenvalue weighted by atomic mass is 79.9. The van der Waals surface area contributed by atoms with Crippen molar-refractivity contribution in [2.75, 3.05) is 0 Å². The number of benzene rings is 1. The fourth-order valence-corrected chi connectivity index (χ4v) is 1.62. The number of alkyl halides is 2. The summed E-state index contributed by atoms with van der Waals surface area (Å²) in [7, 11) is 0. The fourth-order valence-electron chi connectivity index (χ4n) is 0.857. The van der Waals surface area contributed by atoms with Crippen LogP contribution in [0.15, 0.2) is 21.1 Å². The molecule has 1 aromatic carbocycles. The smallest absolute Gasteiger partial charge is 0.387 e. The van der Waals surface area contributed by atoms with Gasteiger partial charge in [0.25, 0.3) is 0 Å². The van der Waals surface area contributed by atoms with Crippen LogP contribution in [0.2, 0.25) is 0 Å². The number of aldehydes is 1. The molecule has 1 aromatic rings. The Morgan fingerprint density at radius 3 is 2.50 bits per heavy atom. The second kappa shape index (κ2) is 4.84. The monoisotopic (exact) mass is 328 g/mol. The third-order valence-corrected chi connectivity index (χ3v) is 3.47. The Balaban J connectivity index is 3.17. The number of hydrogen-bond donors (Lipinski definition) is 0. The molecular formula is C8H4Br2F2O2. The Morgan fingerprint density at radius 2 is 2.00 bits per heavy atom. The molecule has 1 rings (SSSR count). The Hall–Kier alpha value is -0.490. The third-order valence-electron chi connectivity index (χ3n) is 1.43. The van der Waals surface area contributed by atoms with E-state index in [1.54, 1.807) is 0 Å². The molecule has 2 nitrogen and oxygen atoms in total. The van der Waals surface area contributed by atoms with Gasteiger partial charge in [0.1, 0.15) is 5.75 Å². The number of rotatable bonds is 3. The summed E-state index contributed by atoms with van der Waals surface area (Å²) in [6, 6.07) is 2.81. The highest BCUT2D eigenvalue weighted by molar-refractivity contribution is 9.13. The van der Waals surface area contributed by atoms with E-state index in [0.717, 1.165) is 0 Å². The van der Waals surface area contributed by atoms with Crippen molar-refractivity contribution in [2.24, 2.45) is 0 Å². The molecule has 14 heavy (non-hydrogen) atoms. The number of carbonyl (C=O) groups excluding carboxylic acids is 1. The van der Waals surface area contributed by atoms with Crippen molar-refractivity contribution in [1.29, 1.82) is 0 Å². The number of carbonyl (C=O) groups is 1. The van der Waals surface area contributed by atoms with Crippen LogP contribution in [0, 0.1) is 0 Å². The van der Waals surface area contributed by atoms with Crippen LogP contribution in [0.3, 0.4) is 0 Å². The normalized spacial score (nSPS) is 10.4. The largest absolute Gasteiger partial charge is 0.434 e. The van der Waals surface area contributed by atoms with Crippen LogP contribution in [0.4, 0.5) is 8.78 Å². The molecule has 0 N–H and O–H groups in total. The van der Waals surface area contributed by atoms with Crippen molar-refractivity contribution < 1.29 is 18.3 Å². The minimum absolute atomic E-state index is 0.0553. The first-order chi connectivity index (χ1) is 6.56. The zero-order valence-corrected chi connectivity index (χ0v) is 9.81. The van der Waals surface area contributed by atoms with Crippen LogP contribution in [0.25, 0.3) is 0 Å². The topological polar surface area (TPSA) is 26.3 Å². The quantitative estimate of drug-likeness (QED) is 0.792. The molecule has 0 aliphatic heterocycles. The number of hydrogen-bond acceptors (Lipinski definition) is 2. The molecule has 0 aromatic heterocycles. The molecule has 0 unspecified atom stereocenters. The van der Waals surface area contributed by atoms with Crippen molar-refractivity contribution in [3.63, 3.8) is 0 Å². The molecule has 0 aliphatic carbocycles. The van der Waals surface area contributed by atoms with Crippen LogP contribution < -0.4 is 4.74 Å². The van der Waals surface area contributed by atoms with Gasteiger partial charge >= 0.3 is 6.61 Å². The summed E-state index contributed by atoms with van der Waals surface area (Å²) in [4.78, 5) is 10.6. The van der Waals surface area contributed by atoms with Crippen molar-refractivity contribution in [1.82, 2.24) is 0 Å². The predicted molar refractivity (Wildman–Crippen MR) is 53.9 cm³/mol. The van der Waals surface area contributed by atoms with E-state index >= 15 is 0 Å². The molecule has 6 heteroatoms. The van der Waals surface area contributed by atoms with Crippen LogP contribution in [0.5, 0.6) is 5.75 Å². The lowest BCUT2D eigenvalue weighted by molar-refractivity contribution is -0.0501. The first-order valence-corrected chi connectivity index (χ1v) is 5.03. The van der Waals surface area contributed by atoms with Gasteiger partial charge < -0.3 is 4.74 Å². The zero-order chi connectivity index (χ0) is 10.7. The molecule has 0 atom stereocenters. The van der Waals surface area contributed by atoms with Gasteiger partial charge in [-0.1, -0.05) is 0 Å². The van der Waals surface area contributed by atoms with Crippen LogP contribution in [-0.4, -0.2) is 12.9 Å². The average molecular weight is 330 g/mol. The van der Waals surface area contributed by atoms with E-state index in [1.807, 2.05) is 0 Å². The van der Waals surface area contributed by atoms with Crippen LogP contribution >= 0.6 is 31.9 Å². The van der Waals surface area contributed by atoms with E-state index in [1.165, 1.54) is 12.1 Å². The summed E-state index contributed by atoms with van der Waals surface area (Å²) in [5.41, 5.74) is 0.0553. The zero-order valence-electron chi connectivity index (χ0n) is 6.64. The average Bonchev–Trinajstić information content (AvgIpc) is 2.11. The van der Waals surface area contributed by atoms with Gasteiger partial charge in [0, 0.05) is 8.95 Å². The maximum Gasteiger partial charge on any atom is 0.387 e. The fraction of sp³-hybridized carbons (Fsp3) is 0.125. The van der Waals surface area contributed by atoms with Gasteiger partial charge in [0.15, 0.2) is 6.29 Å². The summed E-state index contributed by atoms with van der Waals surface area (Å²) in [6.45, 7) is -2.94. The first-order valence-electron chi connectivity index (χ1n) is 3.44. The summed E-state index contributed by atoms with van der Waals surface area (Å²) in [6.07, 6.45) is 0.451. The minimum Gasteiger partial charge on any atom is -0.434 e. The molecule has 0 saturated heterocycles. The molecule has 0 bridgehead atoms. The predicted octanol–water partition coefficient (Wildman–Crippen LogP) is 3.63. The van der Waals surface area contributed by atoms with Gasteiger partial charge in [-0.2, -0.15) is 8.78 Å². The molecule has 76 valence electrons. The highest BCUT2D eigenvalue weighted by Crippen LogP contribution is 2.32. The van der Waals surface area contributed by atoms with E-state index in [9.17, 15) is 13.6 Å². The van der Waals surface area contributed by atoms with Gasteiger partial charge in [-0.05, 0) is 44.0 Å². The summed E-state index contributed by atoms with van der Waals surface area (Å²) in [5.74, 6) is -0.148. The Bertz CT molecular complexity index is 355. The van der Waals surface area contributed by atoms with Gasteiger partial charge in [0.05, 0.1) is 5.56 Å². The Labute approximate surface area is 95.5 Å². The Morgan fingerprint density at radius 1 is 1.36 bits per heavy atom. The van der Waals surface area contributed by atoms with Gasteiger partial charge in [0.2, 0.25) is 0 Å². The Kier molecular flexibility index (Phi) is 4.00. The van der Waals surface area contributed by atoms with E-state index in [4.69, 9.17) is 0 Å².